The number of hydrogen-bond acceptors (Lipinski definition) is 7. The van der Waals surface area contributed by atoms with E-state index in [0.717, 1.165) is 18.2 Å². The van der Waals surface area contributed by atoms with E-state index < -0.39 is 12.3 Å². The SMILES string of the molecule is CC(=O)c1csc(Cn2ncc(NC(=O)C=Cc3cccc(OC(F)(F)F)c3)n2)n1. The molecule has 2 heterocycles. The first-order valence-corrected chi connectivity index (χ1v) is 9.26. The summed E-state index contributed by atoms with van der Waals surface area (Å²) >= 11 is 1.29. The molecule has 0 spiro atoms. The summed E-state index contributed by atoms with van der Waals surface area (Å²) in [5.74, 6) is -0.885. The summed E-state index contributed by atoms with van der Waals surface area (Å²) in [6.45, 7) is 1.65. The Hall–Kier alpha value is -3.54. The van der Waals surface area contributed by atoms with Crippen molar-refractivity contribution >= 4 is 34.9 Å². The van der Waals surface area contributed by atoms with Crippen LogP contribution in [0.5, 0.6) is 5.75 Å². The number of ether oxygens (including phenoxy) is 1. The van der Waals surface area contributed by atoms with E-state index >= 15 is 0 Å². The molecule has 0 unspecified atom stereocenters. The molecule has 1 amide bonds. The molecule has 0 saturated carbocycles. The number of alkyl halides is 3. The highest BCUT2D eigenvalue weighted by Gasteiger charge is 2.31. The molecule has 12 heteroatoms. The molecule has 1 N–H and O–H groups in total. The van der Waals surface area contributed by atoms with Crippen molar-refractivity contribution in [2.45, 2.75) is 19.8 Å². The second-order valence-corrected chi connectivity index (χ2v) is 6.83. The van der Waals surface area contributed by atoms with Crippen molar-refractivity contribution in [2.24, 2.45) is 0 Å². The zero-order chi connectivity index (χ0) is 21.7. The Balaban J connectivity index is 1.57. The van der Waals surface area contributed by atoms with Crippen LogP contribution in [0.1, 0.15) is 28.0 Å². The number of carbonyl (C=O) groups excluding carboxylic acids is 2. The maximum atomic E-state index is 12.3. The maximum Gasteiger partial charge on any atom is 0.573 e. The van der Waals surface area contributed by atoms with Crippen molar-refractivity contribution < 1.29 is 27.5 Å². The highest BCUT2D eigenvalue weighted by Crippen LogP contribution is 2.23. The Labute approximate surface area is 172 Å². The standard InChI is InChI=1S/C18H14F3N5O3S/c1-11(27)14-10-30-17(23-14)9-26-22-8-15(25-26)24-16(28)6-5-12-3-2-4-13(7-12)29-18(19,20)21/h2-8,10H,9H2,1H3,(H,24,25,28). The van der Waals surface area contributed by atoms with Gasteiger partial charge >= 0.3 is 6.36 Å². The Kier molecular flexibility index (Phi) is 6.26. The van der Waals surface area contributed by atoms with Gasteiger partial charge in [0.05, 0.1) is 6.20 Å². The van der Waals surface area contributed by atoms with E-state index in [4.69, 9.17) is 0 Å². The molecule has 156 valence electrons. The quantitative estimate of drug-likeness (QED) is 0.449. The molecule has 0 atom stereocenters. The van der Waals surface area contributed by atoms with Gasteiger partial charge in [-0.05, 0) is 23.8 Å². The molecule has 0 saturated heterocycles. The summed E-state index contributed by atoms with van der Waals surface area (Å²) in [7, 11) is 0. The smallest absolute Gasteiger partial charge is 0.406 e. The second kappa shape index (κ2) is 8.86. The van der Waals surface area contributed by atoms with Crippen LogP contribution in [-0.4, -0.2) is 38.0 Å². The molecular weight excluding hydrogens is 423 g/mol. The number of thiazole rings is 1. The Morgan fingerprint density at radius 2 is 2.13 bits per heavy atom. The van der Waals surface area contributed by atoms with Crippen molar-refractivity contribution in [3.63, 3.8) is 0 Å². The summed E-state index contributed by atoms with van der Waals surface area (Å²) in [6.07, 6.45) is -0.978. The first-order valence-electron chi connectivity index (χ1n) is 8.38. The minimum Gasteiger partial charge on any atom is -0.406 e. The molecule has 30 heavy (non-hydrogen) atoms. The Morgan fingerprint density at radius 1 is 1.33 bits per heavy atom. The van der Waals surface area contributed by atoms with Crippen LogP contribution in [0, 0.1) is 0 Å². The van der Waals surface area contributed by atoms with E-state index in [9.17, 15) is 22.8 Å². The monoisotopic (exact) mass is 437 g/mol. The minimum atomic E-state index is -4.79. The number of halogens is 3. The van der Waals surface area contributed by atoms with Gasteiger partial charge in [0.1, 0.15) is 23.0 Å². The van der Waals surface area contributed by atoms with Gasteiger partial charge in [-0.15, -0.1) is 29.6 Å². The molecule has 0 aliphatic rings. The van der Waals surface area contributed by atoms with E-state index in [2.05, 4.69) is 25.2 Å². The van der Waals surface area contributed by atoms with Gasteiger partial charge < -0.3 is 10.1 Å². The topological polar surface area (TPSA) is 99.0 Å². The van der Waals surface area contributed by atoms with Gasteiger partial charge in [-0.2, -0.15) is 9.90 Å². The van der Waals surface area contributed by atoms with E-state index in [-0.39, 0.29) is 23.9 Å². The van der Waals surface area contributed by atoms with Gasteiger partial charge in [-0.1, -0.05) is 12.1 Å². The number of hydrogen-bond donors (Lipinski definition) is 1. The number of ketones is 1. The third-order valence-electron chi connectivity index (χ3n) is 3.50. The van der Waals surface area contributed by atoms with Crippen LogP contribution in [-0.2, 0) is 11.3 Å². The highest BCUT2D eigenvalue weighted by atomic mass is 32.1. The summed E-state index contributed by atoms with van der Waals surface area (Å²) < 4.78 is 40.6. The van der Waals surface area contributed by atoms with E-state index in [0.29, 0.717) is 16.3 Å². The van der Waals surface area contributed by atoms with Gasteiger partial charge in [-0.3, -0.25) is 9.59 Å². The molecular formula is C18H14F3N5O3S. The lowest BCUT2D eigenvalue weighted by molar-refractivity contribution is -0.274. The molecule has 0 fully saturated rings. The molecule has 0 aliphatic heterocycles. The van der Waals surface area contributed by atoms with E-state index in [1.54, 1.807) is 5.38 Å². The summed E-state index contributed by atoms with van der Waals surface area (Å²) in [5, 5.41) is 12.9. The molecule has 0 bridgehead atoms. The lowest BCUT2D eigenvalue weighted by Gasteiger charge is -2.08. The average Bonchev–Trinajstić information content (AvgIpc) is 3.29. The number of nitrogens with one attached hydrogen (secondary N) is 1. The van der Waals surface area contributed by atoms with E-state index in [1.807, 2.05) is 0 Å². The van der Waals surface area contributed by atoms with Crippen LogP contribution in [0.2, 0.25) is 0 Å². The van der Waals surface area contributed by atoms with Crippen LogP contribution in [0.3, 0.4) is 0 Å². The van der Waals surface area contributed by atoms with E-state index in [1.165, 1.54) is 47.5 Å². The number of benzene rings is 1. The van der Waals surface area contributed by atoms with Gasteiger partial charge in [0.15, 0.2) is 11.6 Å². The van der Waals surface area contributed by atoms with Gasteiger partial charge in [0, 0.05) is 18.4 Å². The van der Waals surface area contributed by atoms with Crippen LogP contribution >= 0.6 is 11.3 Å². The lowest BCUT2D eigenvalue weighted by Crippen LogP contribution is -2.17. The summed E-state index contributed by atoms with van der Waals surface area (Å²) in [4.78, 5) is 28.7. The molecule has 1 aromatic carbocycles. The Bertz CT molecular complexity index is 1090. The third kappa shape index (κ3) is 6.24. The predicted molar refractivity (Wildman–Crippen MR) is 102 cm³/mol. The van der Waals surface area contributed by atoms with Gasteiger partial charge in [-0.25, -0.2) is 4.98 Å². The molecule has 0 radical (unpaired) electrons. The first kappa shape index (κ1) is 21.2. The fourth-order valence-electron chi connectivity index (χ4n) is 2.25. The lowest BCUT2D eigenvalue weighted by atomic mass is 10.2. The van der Waals surface area contributed by atoms with Crippen molar-refractivity contribution in [3.8, 4) is 5.75 Å². The largest absolute Gasteiger partial charge is 0.573 e. The zero-order valence-corrected chi connectivity index (χ0v) is 16.2. The van der Waals surface area contributed by atoms with Crippen LogP contribution in [0.25, 0.3) is 6.08 Å². The van der Waals surface area contributed by atoms with Crippen molar-refractivity contribution in [1.82, 2.24) is 20.0 Å². The molecule has 2 aromatic heterocycles. The first-order chi connectivity index (χ1) is 14.2. The van der Waals surface area contributed by atoms with Gasteiger partial charge in [0.25, 0.3) is 0 Å². The predicted octanol–water partition coefficient (Wildman–Crippen LogP) is 3.54. The molecule has 3 aromatic rings. The van der Waals surface area contributed by atoms with Crippen LogP contribution in [0.15, 0.2) is 41.9 Å². The van der Waals surface area contributed by atoms with Crippen molar-refractivity contribution in [3.05, 3.63) is 58.2 Å². The number of rotatable bonds is 7. The number of anilines is 1. The number of amides is 1. The van der Waals surface area contributed by atoms with Gasteiger partial charge in [0.2, 0.25) is 5.91 Å². The summed E-state index contributed by atoms with van der Waals surface area (Å²) in [6, 6.07) is 5.20. The second-order valence-electron chi connectivity index (χ2n) is 5.89. The van der Waals surface area contributed by atoms with Crippen molar-refractivity contribution in [1.29, 1.82) is 0 Å². The van der Waals surface area contributed by atoms with Crippen LogP contribution < -0.4 is 10.1 Å². The summed E-state index contributed by atoms with van der Waals surface area (Å²) in [5.41, 5.74) is 0.714. The normalized spacial score (nSPS) is 11.6. The fraction of sp³-hybridized carbons (Fsp3) is 0.167. The van der Waals surface area contributed by atoms with Crippen molar-refractivity contribution in [2.75, 3.05) is 5.32 Å². The number of aromatic nitrogens is 4. The van der Waals surface area contributed by atoms with Crippen LogP contribution in [0.4, 0.5) is 19.0 Å². The number of carbonyl (C=O) groups is 2. The molecule has 0 aliphatic carbocycles. The molecule has 8 nitrogen and oxygen atoms in total. The minimum absolute atomic E-state index is 0.138. The fourth-order valence-corrected chi connectivity index (χ4v) is 3.06. The third-order valence-corrected chi connectivity index (χ3v) is 4.33. The number of nitrogens with zero attached hydrogens (tertiary/aromatic N) is 4. The zero-order valence-electron chi connectivity index (χ0n) is 15.4. The molecule has 3 rings (SSSR count). The maximum absolute atomic E-state index is 12.3. The highest BCUT2D eigenvalue weighted by molar-refractivity contribution is 7.09. The number of Topliss-reactive ketones (excluding diaryl/α,β-unsaturated/α-hetero) is 1. The Morgan fingerprint density at radius 3 is 2.83 bits per heavy atom. The average molecular weight is 437 g/mol.